The van der Waals surface area contributed by atoms with Crippen molar-refractivity contribution in [1.29, 1.82) is 0 Å². The Hall–Kier alpha value is -0.760. The molecule has 0 saturated carbocycles. The van der Waals surface area contributed by atoms with E-state index in [2.05, 4.69) is 4.98 Å². The Morgan fingerprint density at radius 2 is 2.17 bits per heavy atom. The molecule has 0 aliphatic rings. The lowest BCUT2D eigenvalue weighted by atomic mass is 10.1. The van der Waals surface area contributed by atoms with Crippen LogP contribution in [-0.4, -0.2) is 17.2 Å². The Morgan fingerprint density at radius 3 is 2.67 bits per heavy atom. The first kappa shape index (κ1) is 9.33. The normalized spacial score (nSPS) is 10.2. The van der Waals surface area contributed by atoms with E-state index in [0.717, 1.165) is 29.5 Å². The van der Waals surface area contributed by atoms with E-state index in [-0.39, 0.29) is 0 Å². The zero-order valence-electron chi connectivity index (χ0n) is 7.28. The van der Waals surface area contributed by atoms with Gasteiger partial charge in [0.05, 0.1) is 5.69 Å². The minimum Gasteiger partial charge on any atom is -0.356 e. The van der Waals surface area contributed by atoms with Crippen molar-refractivity contribution >= 4 is 17.9 Å². The Balaban J connectivity index is 3.11. The molecule has 0 spiro atoms. The number of rotatable bonds is 3. The Kier molecular flexibility index (Phi) is 2.93. The second-order valence-electron chi connectivity index (χ2n) is 2.82. The highest BCUT2D eigenvalue weighted by Gasteiger charge is 2.09. The molecule has 1 aromatic rings. The van der Waals surface area contributed by atoms with Gasteiger partial charge >= 0.3 is 0 Å². The van der Waals surface area contributed by atoms with E-state index in [1.54, 1.807) is 0 Å². The summed E-state index contributed by atoms with van der Waals surface area (Å²) in [5.74, 6) is 0.555. The van der Waals surface area contributed by atoms with Crippen LogP contribution in [0.1, 0.15) is 27.3 Å². The first-order valence-corrected chi connectivity index (χ1v) is 4.43. The Morgan fingerprint density at radius 1 is 1.50 bits per heavy atom. The fraction of sp³-hybridized carbons (Fsp3) is 0.444. The zero-order chi connectivity index (χ0) is 9.14. The van der Waals surface area contributed by atoms with Gasteiger partial charge < -0.3 is 4.98 Å². The lowest BCUT2D eigenvalue weighted by Gasteiger charge is -1.96. The second kappa shape index (κ2) is 3.76. The molecule has 3 heteroatoms. The number of aldehydes is 1. The first-order chi connectivity index (χ1) is 5.70. The molecule has 1 rings (SSSR count). The number of aryl methyl sites for hydroxylation is 1. The summed E-state index contributed by atoms with van der Waals surface area (Å²) in [5, 5.41) is 0. The fourth-order valence-electron chi connectivity index (χ4n) is 1.32. The maximum Gasteiger partial charge on any atom is 0.166 e. The van der Waals surface area contributed by atoms with E-state index in [0.29, 0.717) is 11.6 Å². The molecule has 66 valence electrons. The van der Waals surface area contributed by atoms with Gasteiger partial charge in [0.1, 0.15) is 0 Å². The maximum absolute atomic E-state index is 10.6. The van der Waals surface area contributed by atoms with Crippen molar-refractivity contribution in [3.05, 3.63) is 22.5 Å². The fourth-order valence-corrected chi connectivity index (χ4v) is 1.51. The van der Waals surface area contributed by atoms with E-state index < -0.39 is 0 Å². The molecular weight excluding hydrogens is 174 g/mol. The van der Waals surface area contributed by atoms with Crippen LogP contribution in [0.25, 0.3) is 0 Å². The van der Waals surface area contributed by atoms with Crippen molar-refractivity contribution < 1.29 is 4.79 Å². The highest BCUT2D eigenvalue weighted by atomic mass is 35.5. The predicted octanol–water partition coefficient (Wildman–Crippen LogP) is 2.23. The minimum absolute atomic E-state index is 0.555. The molecule has 0 bridgehead atoms. The van der Waals surface area contributed by atoms with Crippen LogP contribution in [0, 0.1) is 13.8 Å². The number of carbonyl (C=O) groups excluding carboxylic acids is 1. The number of H-pyrrole nitrogens is 1. The van der Waals surface area contributed by atoms with Gasteiger partial charge in [-0.05, 0) is 31.4 Å². The van der Waals surface area contributed by atoms with Crippen molar-refractivity contribution in [1.82, 2.24) is 4.98 Å². The van der Waals surface area contributed by atoms with Crippen LogP contribution in [0.3, 0.4) is 0 Å². The largest absolute Gasteiger partial charge is 0.356 e. The topological polar surface area (TPSA) is 32.9 Å². The predicted molar refractivity (Wildman–Crippen MR) is 50.1 cm³/mol. The number of halogens is 1. The molecular formula is C9H12ClNO. The standard InChI is InChI=1S/C9H12ClNO/c1-6-7(2)11-9(5-12)8(6)3-4-10/h5,11H,3-4H2,1-2H3. The molecule has 0 aromatic carbocycles. The smallest absolute Gasteiger partial charge is 0.166 e. The number of nitrogens with one attached hydrogen (secondary N) is 1. The third-order valence-electron chi connectivity index (χ3n) is 2.12. The minimum atomic E-state index is 0.555. The molecule has 0 fully saturated rings. The van der Waals surface area contributed by atoms with E-state index in [9.17, 15) is 4.79 Å². The molecule has 1 heterocycles. The van der Waals surface area contributed by atoms with Gasteiger partial charge in [0.2, 0.25) is 0 Å². The van der Waals surface area contributed by atoms with Crippen LogP contribution in [0.5, 0.6) is 0 Å². The van der Waals surface area contributed by atoms with Crippen LogP contribution in [0.4, 0.5) is 0 Å². The highest BCUT2D eigenvalue weighted by Crippen LogP contribution is 2.17. The molecule has 0 unspecified atom stereocenters. The zero-order valence-corrected chi connectivity index (χ0v) is 8.03. The van der Waals surface area contributed by atoms with Crippen LogP contribution >= 0.6 is 11.6 Å². The van der Waals surface area contributed by atoms with Crippen LogP contribution in [-0.2, 0) is 6.42 Å². The summed E-state index contributed by atoms with van der Waals surface area (Å²) in [6.07, 6.45) is 1.60. The van der Waals surface area contributed by atoms with Gasteiger partial charge in [-0.25, -0.2) is 0 Å². The lowest BCUT2D eigenvalue weighted by Crippen LogP contribution is -1.92. The number of carbonyl (C=O) groups is 1. The third kappa shape index (κ3) is 1.53. The van der Waals surface area contributed by atoms with E-state index in [4.69, 9.17) is 11.6 Å². The van der Waals surface area contributed by atoms with Gasteiger partial charge in [-0.3, -0.25) is 4.79 Å². The van der Waals surface area contributed by atoms with E-state index in [1.165, 1.54) is 0 Å². The molecule has 1 N–H and O–H groups in total. The number of hydrogen-bond donors (Lipinski definition) is 1. The number of alkyl halides is 1. The average Bonchev–Trinajstić information content (AvgIpc) is 2.33. The summed E-state index contributed by atoms with van der Waals surface area (Å²) in [5.41, 5.74) is 3.93. The van der Waals surface area contributed by atoms with Crippen LogP contribution in [0.15, 0.2) is 0 Å². The lowest BCUT2D eigenvalue weighted by molar-refractivity contribution is 0.111. The SMILES string of the molecule is Cc1[nH]c(C=O)c(CCCl)c1C. The molecule has 0 atom stereocenters. The monoisotopic (exact) mass is 185 g/mol. The molecule has 0 amide bonds. The van der Waals surface area contributed by atoms with Gasteiger partial charge in [0.15, 0.2) is 6.29 Å². The molecule has 0 aliphatic heterocycles. The summed E-state index contributed by atoms with van der Waals surface area (Å²) in [6.45, 7) is 3.96. The molecule has 2 nitrogen and oxygen atoms in total. The van der Waals surface area contributed by atoms with Gasteiger partial charge in [-0.1, -0.05) is 0 Å². The number of hydrogen-bond acceptors (Lipinski definition) is 1. The number of aromatic nitrogens is 1. The molecule has 12 heavy (non-hydrogen) atoms. The van der Waals surface area contributed by atoms with E-state index in [1.807, 2.05) is 13.8 Å². The molecule has 0 saturated heterocycles. The van der Waals surface area contributed by atoms with Crippen molar-refractivity contribution in [2.45, 2.75) is 20.3 Å². The van der Waals surface area contributed by atoms with Crippen molar-refractivity contribution in [2.24, 2.45) is 0 Å². The van der Waals surface area contributed by atoms with Crippen molar-refractivity contribution in [3.8, 4) is 0 Å². The summed E-state index contributed by atoms with van der Waals surface area (Å²) < 4.78 is 0. The van der Waals surface area contributed by atoms with Gasteiger partial charge in [-0.2, -0.15) is 0 Å². The molecule has 0 aliphatic carbocycles. The van der Waals surface area contributed by atoms with Gasteiger partial charge in [0.25, 0.3) is 0 Å². The summed E-state index contributed by atoms with van der Waals surface area (Å²) >= 11 is 5.62. The van der Waals surface area contributed by atoms with Crippen molar-refractivity contribution in [3.63, 3.8) is 0 Å². The van der Waals surface area contributed by atoms with E-state index >= 15 is 0 Å². The summed E-state index contributed by atoms with van der Waals surface area (Å²) in [6, 6.07) is 0. The second-order valence-corrected chi connectivity index (χ2v) is 3.20. The summed E-state index contributed by atoms with van der Waals surface area (Å²) in [7, 11) is 0. The quantitative estimate of drug-likeness (QED) is 0.569. The van der Waals surface area contributed by atoms with Crippen LogP contribution in [0.2, 0.25) is 0 Å². The first-order valence-electron chi connectivity index (χ1n) is 3.90. The summed E-state index contributed by atoms with van der Waals surface area (Å²) in [4.78, 5) is 13.6. The highest BCUT2D eigenvalue weighted by molar-refractivity contribution is 6.18. The molecule has 1 aromatic heterocycles. The molecule has 0 radical (unpaired) electrons. The number of aromatic amines is 1. The average molecular weight is 186 g/mol. The Bertz CT molecular complexity index is 291. The third-order valence-corrected chi connectivity index (χ3v) is 2.31. The van der Waals surface area contributed by atoms with Gasteiger partial charge in [0, 0.05) is 11.6 Å². The van der Waals surface area contributed by atoms with Crippen LogP contribution < -0.4 is 0 Å². The van der Waals surface area contributed by atoms with Crippen molar-refractivity contribution in [2.75, 3.05) is 5.88 Å². The Labute approximate surface area is 76.9 Å². The van der Waals surface area contributed by atoms with Gasteiger partial charge in [-0.15, -0.1) is 11.6 Å². The maximum atomic E-state index is 10.6.